The first-order chi connectivity index (χ1) is 7.53. The molecule has 1 aliphatic carbocycles. The van der Waals surface area contributed by atoms with E-state index in [1.54, 1.807) is 12.0 Å². The van der Waals surface area contributed by atoms with Crippen LogP contribution in [0.4, 0.5) is 0 Å². The van der Waals surface area contributed by atoms with Gasteiger partial charge in [0, 0.05) is 27.6 Å². The van der Waals surface area contributed by atoms with E-state index in [9.17, 15) is 4.79 Å². The molecule has 0 bridgehead atoms. The van der Waals surface area contributed by atoms with Gasteiger partial charge in [-0.3, -0.25) is 4.79 Å². The predicted molar refractivity (Wildman–Crippen MR) is 65.3 cm³/mol. The number of nitrogens with zero attached hydrogens (tertiary/aromatic N) is 1. The van der Waals surface area contributed by atoms with Crippen LogP contribution >= 0.6 is 0 Å². The quantitative estimate of drug-likeness (QED) is 0.738. The smallest absolute Gasteiger partial charge is 0.222 e. The van der Waals surface area contributed by atoms with Crippen molar-refractivity contribution in [3.8, 4) is 0 Å². The summed E-state index contributed by atoms with van der Waals surface area (Å²) in [5, 5.41) is 0. The second-order valence-electron chi connectivity index (χ2n) is 5.25. The van der Waals surface area contributed by atoms with E-state index >= 15 is 0 Å². The molecule has 0 unspecified atom stereocenters. The number of ether oxygens (including phenoxy) is 1. The highest BCUT2D eigenvalue weighted by Gasteiger charge is 2.35. The van der Waals surface area contributed by atoms with E-state index in [4.69, 9.17) is 4.74 Å². The Kier molecular flexibility index (Phi) is 4.78. The standard InChI is InChI=1S/C13H25NO2/c1-5-13(10-12(15)14(2)3)8-6-11(16-4)7-9-13/h11H,5-10H2,1-4H3. The van der Waals surface area contributed by atoms with Crippen LogP contribution in [0.5, 0.6) is 0 Å². The van der Waals surface area contributed by atoms with Gasteiger partial charge in [-0.15, -0.1) is 0 Å². The Morgan fingerprint density at radius 2 is 1.94 bits per heavy atom. The largest absolute Gasteiger partial charge is 0.381 e. The minimum atomic E-state index is 0.233. The van der Waals surface area contributed by atoms with E-state index in [0.29, 0.717) is 12.5 Å². The molecule has 3 nitrogen and oxygen atoms in total. The molecular weight excluding hydrogens is 202 g/mol. The molecule has 1 saturated carbocycles. The third-order valence-corrected chi connectivity index (χ3v) is 4.10. The lowest BCUT2D eigenvalue weighted by atomic mass is 9.69. The molecule has 0 radical (unpaired) electrons. The van der Waals surface area contributed by atoms with Crippen molar-refractivity contribution in [2.24, 2.45) is 5.41 Å². The first kappa shape index (κ1) is 13.5. The molecule has 0 heterocycles. The highest BCUT2D eigenvalue weighted by atomic mass is 16.5. The van der Waals surface area contributed by atoms with Crippen molar-refractivity contribution >= 4 is 5.91 Å². The average Bonchev–Trinajstić information content (AvgIpc) is 2.29. The second kappa shape index (κ2) is 5.67. The van der Waals surface area contributed by atoms with Gasteiger partial charge < -0.3 is 9.64 Å². The van der Waals surface area contributed by atoms with E-state index in [1.807, 2.05) is 14.1 Å². The summed E-state index contributed by atoms with van der Waals surface area (Å²) >= 11 is 0. The molecule has 16 heavy (non-hydrogen) atoms. The van der Waals surface area contributed by atoms with E-state index in [1.165, 1.54) is 0 Å². The molecule has 3 heteroatoms. The Morgan fingerprint density at radius 3 is 2.31 bits per heavy atom. The second-order valence-corrected chi connectivity index (χ2v) is 5.25. The van der Waals surface area contributed by atoms with Crippen molar-refractivity contribution in [2.75, 3.05) is 21.2 Å². The van der Waals surface area contributed by atoms with Crippen LogP contribution in [-0.4, -0.2) is 38.1 Å². The Morgan fingerprint density at radius 1 is 1.38 bits per heavy atom. The van der Waals surface area contributed by atoms with Gasteiger partial charge >= 0.3 is 0 Å². The van der Waals surface area contributed by atoms with Gasteiger partial charge in [-0.05, 0) is 37.5 Å². The third kappa shape index (κ3) is 3.21. The highest BCUT2D eigenvalue weighted by Crippen LogP contribution is 2.43. The van der Waals surface area contributed by atoms with Crippen LogP contribution in [0.25, 0.3) is 0 Å². The summed E-state index contributed by atoms with van der Waals surface area (Å²) in [6.45, 7) is 2.20. The zero-order valence-electron chi connectivity index (χ0n) is 11.1. The van der Waals surface area contributed by atoms with Crippen molar-refractivity contribution in [3.05, 3.63) is 0 Å². The lowest BCUT2D eigenvalue weighted by Crippen LogP contribution is -2.35. The molecular formula is C13H25NO2. The van der Waals surface area contributed by atoms with E-state index in [-0.39, 0.29) is 11.3 Å². The Bertz CT molecular complexity index is 230. The molecule has 0 spiro atoms. The van der Waals surface area contributed by atoms with Crippen molar-refractivity contribution in [2.45, 2.75) is 51.6 Å². The normalized spacial score (nSPS) is 30.1. The fourth-order valence-electron chi connectivity index (χ4n) is 2.57. The maximum atomic E-state index is 11.8. The van der Waals surface area contributed by atoms with Crippen molar-refractivity contribution in [1.29, 1.82) is 0 Å². The summed E-state index contributed by atoms with van der Waals surface area (Å²) in [5.74, 6) is 0.262. The van der Waals surface area contributed by atoms with Crippen LogP contribution in [0, 0.1) is 5.41 Å². The number of carbonyl (C=O) groups is 1. The third-order valence-electron chi connectivity index (χ3n) is 4.10. The number of amides is 1. The van der Waals surface area contributed by atoms with Crippen molar-refractivity contribution < 1.29 is 9.53 Å². The Labute approximate surface area is 99.1 Å². The average molecular weight is 227 g/mol. The van der Waals surface area contributed by atoms with Crippen LogP contribution < -0.4 is 0 Å². The first-order valence-corrected chi connectivity index (χ1v) is 6.26. The molecule has 1 aliphatic rings. The van der Waals surface area contributed by atoms with E-state index in [0.717, 1.165) is 32.1 Å². The van der Waals surface area contributed by atoms with Gasteiger partial charge in [0.25, 0.3) is 0 Å². The predicted octanol–water partition coefficient (Wildman–Crippen LogP) is 2.45. The van der Waals surface area contributed by atoms with Crippen LogP contribution in [0.2, 0.25) is 0 Å². The Balaban J connectivity index is 2.56. The van der Waals surface area contributed by atoms with Gasteiger partial charge in [-0.25, -0.2) is 0 Å². The molecule has 0 saturated heterocycles. The molecule has 1 amide bonds. The zero-order chi connectivity index (χ0) is 12.2. The van der Waals surface area contributed by atoms with Crippen LogP contribution in [-0.2, 0) is 9.53 Å². The monoisotopic (exact) mass is 227 g/mol. The molecule has 0 aromatic rings. The van der Waals surface area contributed by atoms with E-state index in [2.05, 4.69) is 6.92 Å². The van der Waals surface area contributed by atoms with Gasteiger partial charge in [0.1, 0.15) is 0 Å². The SMILES string of the molecule is CCC1(CC(=O)N(C)C)CCC(OC)CC1. The van der Waals surface area contributed by atoms with Crippen LogP contribution in [0.15, 0.2) is 0 Å². The van der Waals surface area contributed by atoms with Gasteiger partial charge in [0.2, 0.25) is 5.91 Å². The number of methoxy groups -OCH3 is 1. The first-order valence-electron chi connectivity index (χ1n) is 6.26. The number of carbonyl (C=O) groups excluding carboxylic acids is 1. The molecule has 0 aliphatic heterocycles. The number of hydrogen-bond acceptors (Lipinski definition) is 2. The molecule has 0 atom stereocenters. The minimum Gasteiger partial charge on any atom is -0.381 e. The van der Waals surface area contributed by atoms with Gasteiger partial charge in [0.05, 0.1) is 6.10 Å². The molecule has 94 valence electrons. The molecule has 1 rings (SSSR count). The number of rotatable bonds is 4. The molecule has 0 N–H and O–H groups in total. The van der Waals surface area contributed by atoms with Crippen LogP contribution in [0.1, 0.15) is 45.4 Å². The number of hydrogen-bond donors (Lipinski definition) is 0. The molecule has 1 fully saturated rings. The van der Waals surface area contributed by atoms with Gasteiger partial charge in [-0.2, -0.15) is 0 Å². The minimum absolute atomic E-state index is 0.233. The zero-order valence-corrected chi connectivity index (χ0v) is 11.1. The molecule has 0 aromatic carbocycles. The summed E-state index contributed by atoms with van der Waals surface area (Å²) in [4.78, 5) is 13.5. The summed E-state index contributed by atoms with van der Waals surface area (Å²) in [6.07, 6.45) is 6.67. The van der Waals surface area contributed by atoms with E-state index < -0.39 is 0 Å². The van der Waals surface area contributed by atoms with Crippen molar-refractivity contribution in [1.82, 2.24) is 4.90 Å². The summed E-state index contributed by atoms with van der Waals surface area (Å²) < 4.78 is 5.39. The summed E-state index contributed by atoms with van der Waals surface area (Å²) in [7, 11) is 5.47. The topological polar surface area (TPSA) is 29.5 Å². The fraction of sp³-hybridized carbons (Fsp3) is 0.923. The van der Waals surface area contributed by atoms with Crippen molar-refractivity contribution in [3.63, 3.8) is 0 Å². The van der Waals surface area contributed by atoms with Gasteiger partial charge in [-0.1, -0.05) is 6.92 Å². The summed E-state index contributed by atoms with van der Waals surface area (Å²) in [6, 6.07) is 0. The van der Waals surface area contributed by atoms with Crippen LogP contribution in [0.3, 0.4) is 0 Å². The fourth-order valence-corrected chi connectivity index (χ4v) is 2.57. The maximum Gasteiger partial charge on any atom is 0.222 e. The lowest BCUT2D eigenvalue weighted by Gasteiger charge is -2.39. The van der Waals surface area contributed by atoms with Gasteiger partial charge in [0.15, 0.2) is 0 Å². The Hall–Kier alpha value is -0.570. The lowest BCUT2D eigenvalue weighted by molar-refractivity contribution is -0.132. The maximum absolute atomic E-state index is 11.8. The highest BCUT2D eigenvalue weighted by molar-refractivity contribution is 5.76. The molecule has 0 aromatic heterocycles. The summed E-state index contributed by atoms with van der Waals surface area (Å²) in [5.41, 5.74) is 0.233.